The van der Waals surface area contributed by atoms with Gasteiger partial charge >= 0.3 is 0 Å². The minimum absolute atomic E-state index is 0.282. The van der Waals surface area contributed by atoms with Crippen molar-refractivity contribution in [3.8, 4) is 33.6 Å². The molecule has 4 aromatic carbocycles. The van der Waals surface area contributed by atoms with E-state index in [0.717, 1.165) is 54.8 Å². The normalized spacial score (nSPS) is 11.0. The van der Waals surface area contributed by atoms with Crippen LogP contribution in [0.5, 0.6) is 0 Å². The number of hydrogen-bond donors (Lipinski definition) is 0. The van der Waals surface area contributed by atoms with Gasteiger partial charge in [-0.15, -0.1) is 0 Å². The van der Waals surface area contributed by atoms with Crippen LogP contribution in [0.1, 0.15) is 16.7 Å². The van der Waals surface area contributed by atoms with Gasteiger partial charge in [0.05, 0.1) is 11.4 Å². The summed E-state index contributed by atoms with van der Waals surface area (Å²) in [5, 5.41) is 1.37. The summed E-state index contributed by atoms with van der Waals surface area (Å²) in [6.45, 7) is 2.08. The van der Waals surface area contributed by atoms with E-state index in [1.807, 2.05) is 54.6 Å². The van der Waals surface area contributed by atoms with Crippen molar-refractivity contribution >= 4 is 39.1 Å². The first-order valence-electron chi connectivity index (χ1n) is 11.4. The highest BCUT2D eigenvalue weighted by atomic mass is 79.9. The van der Waals surface area contributed by atoms with E-state index in [1.165, 1.54) is 12.1 Å². The molecule has 5 heteroatoms. The molecule has 5 rings (SSSR count). The lowest BCUT2D eigenvalue weighted by Gasteiger charge is -2.18. The fraction of sp³-hybridized carbons (Fsp3) is 0.0645. The number of nitrogens with zero attached hydrogens (tertiary/aromatic N) is 1. The van der Waals surface area contributed by atoms with Crippen LogP contribution < -0.4 is 0 Å². The summed E-state index contributed by atoms with van der Waals surface area (Å²) in [5.41, 5.74) is 8.85. The van der Waals surface area contributed by atoms with Gasteiger partial charge in [-0.25, -0.2) is 9.37 Å². The highest BCUT2D eigenvalue weighted by Gasteiger charge is 2.18. The van der Waals surface area contributed by atoms with Crippen molar-refractivity contribution in [2.24, 2.45) is 0 Å². The zero-order valence-corrected chi connectivity index (χ0v) is 22.5. The summed E-state index contributed by atoms with van der Waals surface area (Å²) >= 11 is 15.9. The Morgan fingerprint density at radius 2 is 1.31 bits per heavy atom. The SMILES string of the molecule is Cc1cc(Br)ccc1-c1nc(-c2ccc(F)cc2)c(-c2ccc(Cl)cc2)cc1Cc1ccc(Cl)cc1. The number of benzene rings is 4. The number of aromatic nitrogens is 1. The molecule has 0 saturated carbocycles. The lowest BCUT2D eigenvalue weighted by Crippen LogP contribution is -2.01. The largest absolute Gasteiger partial charge is 0.247 e. The summed E-state index contributed by atoms with van der Waals surface area (Å²) in [7, 11) is 0. The Bertz CT molecular complexity index is 1530. The third-order valence-electron chi connectivity index (χ3n) is 6.13. The fourth-order valence-electron chi connectivity index (χ4n) is 4.31. The molecular weight excluding hydrogens is 556 g/mol. The summed E-state index contributed by atoms with van der Waals surface area (Å²) in [6, 6.07) is 30.5. The molecule has 1 nitrogen and oxygen atoms in total. The molecule has 0 aliphatic carbocycles. The van der Waals surface area contributed by atoms with E-state index in [2.05, 4.69) is 41.1 Å². The van der Waals surface area contributed by atoms with Gasteiger partial charge in [0.15, 0.2) is 0 Å². The molecule has 0 atom stereocenters. The average Bonchev–Trinajstić information content (AvgIpc) is 2.87. The van der Waals surface area contributed by atoms with Gasteiger partial charge in [-0.3, -0.25) is 0 Å². The number of halogens is 4. The number of aryl methyl sites for hydroxylation is 1. The number of rotatable bonds is 5. The molecule has 0 spiro atoms. The number of hydrogen-bond acceptors (Lipinski definition) is 1. The quantitative estimate of drug-likeness (QED) is 0.203. The molecule has 0 bridgehead atoms. The van der Waals surface area contributed by atoms with Gasteiger partial charge in [0, 0.05) is 31.2 Å². The summed E-state index contributed by atoms with van der Waals surface area (Å²) in [6.07, 6.45) is 0.680. The molecule has 0 radical (unpaired) electrons. The van der Waals surface area contributed by atoms with Crippen LogP contribution >= 0.6 is 39.1 Å². The van der Waals surface area contributed by atoms with Crippen LogP contribution in [-0.4, -0.2) is 4.98 Å². The van der Waals surface area contributed by atoms with Crippen LogP contribution in [0.3, 0.4) is 0 Å². The fourth-order valence-corrected chi connectivity index (χ4v) is 5.04. The lowest BCUT2D eigenvalue weighted by atomic mass is 9.91. The van der Waals surface area contributed by atoms with Crippen LogP contribution in [0.25, 0.3) is 33.6 Å². The van der Waals surface area contributed by atoms with Crippen molar-refractivity contribution in [1.29, 1.82) is 0 Å². The Balaban J connectivity index is 1.78. The van der Waals surface area contributed by atoms with Crippen molar-refractivity contribution in [1.82, 2.24) is 4.98 Å². The molecule has 0 N–H and O–H groups in total. The molecular formula is C31H21BrCl2FN. The third kappa shape index (κ3) is 5.39. The van der Waals surface area contributed by atoms with Gasteiger partial charge in [-0.05, 0) is 102 Å². The second-order valence-corrected chi connectivity index (χ2v) is 10.5. The van der Waals surface area contributed by atoms with Crippen LogP contribution in [-0.2, 0) is 6.42 Å². The van der Waals surface area contributed by atoms with Gasteiger partial charge in [0.1, 0.15) is 5.82 Å². The smallest absolute Gasteiger partial charge is 0.123 e. The summed E-state index contributed by atoms with van der Waals surface area (Å²) in [4.78, 5) is 5.25. The summed E-state index contributed by atoms with van der Waals surface area (Å²) in [5.74, 6) is -0.282. The molecule has 1 aromatic heterocycles. The van der Waals surface area contributed by atoms with E-state index in [4.69, 9.17) is 28.2 Å². The molecule has 0 aliphatic heterocycles. The Morgan fingerprint density at radius 3 is 1.94 bits per heavy atom. The zero-order chi connectivity index (χ0) is 25.2. The molecule has 1 heterocycles. The van der Waals surface area contributed by atoms with E-state index in [9.17, 15) is 4.39 Å². The third-order valence-corrected chi connectivity index (χ3v) is 7.12. The molecule has 5 aromatic rings. The minimum atomic E-state index is -0.282. The van der Waals surface area contributed by atoms with E-state index in [0.29, 0.717) is 16.5 Å². The maximum atomic E-state index is 13.8. The zero-order valence-electron chi connectivity index (χ0n) is 19.4. The highest BCUT2D eigenvalue weighted by Crippen LogP contribution is 2.38. The minimum Gasteiger partial charge on any atom is -0.247 e. The topological polar surface area (TPSA) is 12.9 Å². The first kappa shape index (κ1) is 24.7. The van der Waals surface area contributed by atoms with Gasteiger partial charge in [0.2, 0.25) is 0 Å². The van der Waals surface area contributed by atoms with Gasteiger partial charge in [0.25, 0.3) is 0 Å². The van der Waals surface area contributed by atoms with Gasteiger partial charge in [-0.1, -0.05) is 69.5 Å². The van der Waals surface area contributed by atoms with Crippen molar-refractivity contribution in [3.63, 3.8) is 0 Å². The maximum Gasteiger partial charge on any atom is 0.123 e. The predicted molar refractivity (Wildman–Crippen MR) is 152 cm³/mol. The second kappa shape index (κ2) is 10.6. The highest BCUT2D eigenvalue weighted by molar-refractivity contribution is 9.10. The lowest BCUT2D eigenvalue weighted by molar-refractivity contribution is 0.628. The van der Waals surface area contributed by atoms with Crippen molar-refractivity contribution in [2.75, 3.05) is 0 Å². The molecule has 0 aliphatic rings. The van der Waals surface area contributed by atoms with E-state index >= 15 is 0 Å². The Kier molecular flexibility index (Phi) is 7.25. The molecule has 0 fully saturated rings. The first-order chi connectivity index (χ1) is 17.4. The van der Waals surface area contributed by atoms with E-state index in [1.54, 1.807) is 12.1 Å². The standard InChI is InChI=1S/C31H21BrCl2FN/c1-19-16-24(32)8-15-28(19)31-23(17-20-2-9-25(33)10-3-20)18-29(21-4-11-26(34)12-5-21)30(36-31)22-6-13-27(35)14-7-22/h2-16,18H,17H2,1H3. The van der Waals surface area contributed by atoms with Crippen molar-refractivity contribution in [2.45, 2.75) is 13.3 Å². The second-order valence-electron chi connectivity index (χ2n) is 8.67. The number of pyridine rings is 1. The van der Waals surface area contributed by atoms with Crippen molar-refractivity contribution in [3.05, 3.63) is 134 Å². The predicted octanol–water partition coefficient (Wildman–Crippen LogP) is 10.2. The van der Waals surface area contributed by atoms with Crippen LogP contribution in [0.4, 0.5) is 4.39 Å². The van der Waals surface area contributed by atoms with E-state index in [-0.39, 0.29) is 5.82 Å². The molecule has 178 valence electrons. The monoisotopic (exact) mass is 575 g/mol. The average molecular weight is 577 g/mol. The summed E-state index contributed by atoms with van der Waals surface area (Å²) < 4.78 is 14.8. The maximum absolute atomic E-state index is 13.8. The van der Waals surface area contributed by atoms with Crippen LogP contribution in [0.2, 0.25) is 10.0 Å². The van der Waals surface area contributed by atoms with Gasteiger partial charge in [-0.2, -0.15) is 0 Å². The molecule has 0 saturated heterocycles. The Hall–Kier alpha value is -2.98. The van der Waals surface area contributed by atoms with Gasteiger partial charge < -0.3 is 0 Å². The van der Waals surface area contributed by atoms with Crippen LogP contribution in [0.15, 0.2) is 102 Å². The Morgan fingerprint density at radius 1 is 0.694 bits per heavy atom. The first-order valence-corrected chi connectivity index (χ1v) is 13.0. The Labute approximate surface area is 228 Å². The molecule has 0 amide bonds. The van der Waals surface area contributed by atoms with Crippen LogP contribution in [0, 0.1) is 12.7 Å². The molecule has 0 unspecified atom stereocenters. The van der Waals surface area contributed by atoms with Crippen molar-refractivity contribution < 1.29 is 4.39 Å². The van der Waals surface area contributed by atoms with E-state index < -0.39 is 0 Å². The molecule has 36 heavy (non-hydrogen) atoms.